The Morgan fingerprint density at radius 1 is 1.11 bits per heavy atom. The number of halogens is 1. The Bertz CT molecular complexity index is 866. The van der Waals surface area contributed by atoms with E-state index in [1.807, 2.05) is 19.1 Å². The molecule has 3 N–H and O–H groups in total. The molecule has 0 fully saturated rings. The maximum Gasteiger partial charge on any atom is 0.241 e. The van der Waals surface area contributed by atoms with E-state index in [9.17, 15) is 18.3 Å². The van der Waals surface area contributed by atoms with Crippen LogP contribution in [0.1, 0.15) is 18.1 Å². The fourth-order valence-corrected chi connectivity index (χ4v) is 3.81. The zero-order chi connectivity index (χ0) is 20.0. The van der Waals surface area contributed by atoms with Crippen LogP contribution in [0.2, 0.25) is 5.02 Å². The van der Waals surface area contributed by atoms with E-state index in [4.69, 9.17) is 11.6 Å². The molecule has 2 unspecified atom stereocenters. The summed E-state index contributed by atoms with van der Waals surface area (Å²) in [5.74, 6) is -0.588. The van der Waals surface area contributed by atoms with Gasteiger partial charge in [0, 0.05) is 11.6 Å². The summed E-state index contributed by atoms with van der Waals surface area (Å²) in [5, 5.41) is 13.2. The summed E-state index contributed by atoms with van der Waals surface area (Å²) >= 11 is 5.83. The lowest BCUT2D eigenvalue weighted by atomic mass is 10.1. The number of sulfonamides is 1. The number of nitrogens with one attached hydrogen (secondary N) is 2. The van der Waals surface area contributed by atoms with Crippen molar-refractivity contribution < 1.29 is 18.3 Å². The van der Waals surface area contributed by atoms with Crippen molar-refractivity contribution in [2.24, 2.45) is 0 Å². The minimum absolute atomic E-state index is 0.0349. The summed E-state index contributed by atoms with van der Waals surface area (Å²) < 4.78 is 27.2. The van der Waals surface area contributed by atoms with E-state index in [-0.39, 0.29) is 4.90 Å². The Labute approximate surface area is 164 Å². The highest BCUT2D eigenvalue weighted by atomic mass is 35.5. The number of carbonyl (C=O) groups excluding carboxylic acids is 1. The maximum atomic E-state index is 12.5. The van der Waals surface area contributed by atoms with E-state index in [0.29, 0.717) is 18.0 Å². The van der Waals surface area contributed by atoms with Crippen LogP contribution >= 0.6 is 11.6 Å². The minimum atomic E-state index is -3.93. The molecular weight excluding hydrogens is 388 g/mol. The van der Waals surface area contributed by atoms with Gasteiger partial charge >= 0.3 is 0 Å². The molecule has 0 saturated carbocycles. The van der Waals surface area contributed by atoms with E-state index < -0.39 is 28.1 Å². The van der Waals surface area contributed by atoms with E-state index in [1.54, 1.807) is 24.3 Å². The lowest BCUT2D eigenvalue weighted by Crippen LogP contribution is -2.52. The molecule has 6 nitrogen and oxygen atoms in total. The first-order valence-corrected chi connectivity index (χ1v) is 10.3. The Morgan fingerprint density at radius 2 is 1.70 bits per heavy atom. The first kappa shape index (κ1) is 21.4. The number of aliphatic hydroxyl groups is 1. The Morgan fingerprint density at radius 3 is 2.26 bits per heavy atom. The fourth-order valence-electron chi connectivity index (χ4n) is 2.41. The normalized spacial score (nSPS) is 13.8. The van der Waals surface area contributed by atoms with Gasteiger partial charge in [0.05, 0.1) is 11.0 Å². The second-order valence-electron chi connectivity index (χ2n) is 6.32. The number of hydrogen-bond donors (Lipinski definition) is 3. The lowest BCUT2D eigenvalue weighted by Gasteiger charge is -2.21. The smallest absolute Gasteiger partial charge is 0.241 e. The molecule has 2 atom stereocenters. The average Bonchev–Trinajstić information content (AvgIpc) is 2.61. The highest BCUT2D eigenvalue weighted by Gasteiger charge is 2.29. The molecule has 1 amide bonds. The summed E-state index contributed by atoms with van der Waals surface area (Å²) in [4.78, 5) is 12.4. The number of carbonyl (C=O) groups is 1. The molecule has 0 aliphatic carbocycles. The van der Waals surface area contributed by atoms with Gasteiger partial charge in [0.25, 0.3) is 0 Å². The van der Waals surface area contributed by atoms with Crippen molar-refractivity contribution in [3.63, 3.8) is 0 Å². The number of aryl methyl sites for hydroxylation is 1. The second-order valence-corrected chi connectivity index (χ2v) is 8.47. The number of hydrogen-bond acceptors (Lipinski definition) is 4. The second kappa shape index (κ2) is 9.32. The van der Waals surface area contributed by atoms with Gasteiger partial charge < -0.3 is 10.4 Å². The number of rotatable bonds is 8. The molecule has 27 heavy (non-hydrogen) atoms. The molecule has 0 heterocycles. The largest absolute Gasteiger partial charge is 0.391 e. The molecule has 0 bridgehead atoms. The van der Waals surface area contributed by atoms with Crippen LogP contribution in [0.3, 0.4) is 0 Å². The third-order valence-electron chi connectivity index (χ3n) is 4.00. The highest BCUT2D eigenvalue weighted by Crippen LogP contribution is 2.12. The molecule has 0 aliphatic rings. The standard InChI is InChI=1S/C19H23ClN2O4S/c1-13-3-9-17(10-4-13)27(25,26)22-18(14(2)23)19(24)21-12-11-15-5-7-16(20)8-6-15/h3-10,14,18,22-23H,11-12H2,1-2H3,(H,21,24). The quantitative estimate of drug-likeness (QED) is 0.620. The molecule has 2 rings (SSSR count). The van der Waals surface area contributed by atoms with Crippen LogP contribution in [0.4, 0.5) is 0 Å². The average molecular weight is 411 g/mol. The number of aliphatic hydroxyl groups excluding tert-OH is 1. The van der Waals surface area contributed by atoms with Crippen LogP contribution in [0, 0.1) is 6.92 Å². The van der Waals surface area contributed by atoms with Crippen LogP contribution < -0.4 is 10.0 Å². The van der Waals surface area contributed by atoms with Gasteiger partial charge in [-0.1, -0.05) is 41.4 Å². The van der Waals surface area contributed by atoms with E-state index in [1.165, 1.54) is 19.1 Å². The zero-order valence-corrected chi connectivity index (χ0v) is 16.7. The van der Waals surface area contributed by atoms with Crippen LogP contribution in [0.15, 0.2) is 53.4 Å². The summed E-state index contributed by atoms with van der Waals surface area (Å²) in [6.07, 6.45) is -0.638. The maximum absolute atomic E-state index is 12.5. The Hall–Kier alpha value is -1.93. The van der Waals surface area contributed by atoms with E-state index in [2.05, 4.69) is 10.0 Å². The van der Waals surface area contributed by atoms with Gasteiger partial charge in [-0.25, -0.2) is 8.42 Å². The predicted molar refractivity (Wildman–Crippen MR) is 105 cm³/mol. The van der Waals surface area contributed by atoms with Crippen molar-refractivity contribution in [1.29, 1.82) is 0 Å². The zero-order valence-electron chi connectivity index (χ0n) is 15.1. The van der Waals surface area contributed by atoms with Gasteiger partial charge in [-0.05, 0) is 50.1 Å². The van der Waals surface area contributed by atoms with Crippen molar-refractivity contribution in [3.8, 4) is 0 Å². The Kier molecular flexibility index (Phi) is 7.38. The first-order chi connectivity index (χ1) is 12.7. The van der Waals surface area contributed by atoms with E-state index >= 15 is 0 Å². The van der Waals surface area contributed by atoms with Gasteiger partial charge in [-0.2, -0.15) is 4.72 Å². The van der Waals surface area contributed by atoms with Gasteiger partial charge in [-0.3, -0.25) is 4.79 Å². The fraction of sp³-hybridized carbons (Fsp3) is 0.316. The molecular formula is C19H23ClN2O4S. The molecule has 2 aromatic carbocycles. The van der Waals surface area contributed by atoms with Crippen molar-refractivity contribution in [3.05, 3.63) is 64.7 Å². The van der Waals surface area contributed by atoms with Crippen molar-refractivity contribution in [2.75, 3.05) is 6.54 Å². The monoisotopic (exact) mass is 410 g/mol. The summed E-state index contributed by atoms with van der Waals surface area (Å²) in [5.41, 5.74) is 1.90. The van der Waals surface area contributed by atoms with Crippen LogP contribution in [-0.4, -0.2) is 38.1 Å². The topological polar surface area (TPSA) is 95.5 Å². The predicted octanol–water partition coefficient (Wildman–Crippen LogP) is 2.04. The summed E-state index contributed by atoms with van der Waals surface area (Å²) in [6, 6.07) is 12.2. The molecule has 0 radical (unpaired) electrons. The third kappa shape index (κ3) is 6.32. The molecule has 0 saturated heterocycles. The van der Waals surface area contributed by atoms with Gasteiger partial charge in [0.1, 0.15) is 6.04 Å². The molecule has 0 aliphatic heterocycles. The van der Waals surface area contributed by atoms with Crippen LogP contribution in [-0.2, 0) is 21.2 Å². The van der Waals surface area contributed by atoms with Crippen LogP contribution in [0.5, 0.6) is 0 Å². The lowest BCUT2D eigenvalue weighted by molar-refractivity contribution is -0.124. The van der Waals surface area contributed by atoms with Gasteiger partial charge in [-0.15, -0.1) is 0 Å². The van der Waals surface area contributed by atoms with Crippen molar-refractivity contribution in [1.82, 2.24) is 10.0 Å². The van der Waals surface area contributed by atoms with Crippen molar-refractivity contribution in [2.45, 2.75) is 37.3 Å². The number of amides is 1. The molecule has 8 heteroatoms. The van der Waals surface area contributed by atoms with Gasteiger partial charge in [0.15, 0.2) is 0 Å². The molecule has 0 spiro atoms. The molecule has 0 aromatic heterocycles. The number of benzene rings is 2. The minimum Gasteiger partial charge on any atom is -0.391 e. The molecule has 146 valence electrons. The van der Waals surface area contributed by atoms with Gasteiger partial charge in [0.2, 0.25) is 15.9 Å². The van der Waals surface area contributed by atoms with Crippen LogP contribution in [0.25, 0.3) is 0 Å². The third-order valence-corrected chi connectivity index (χ3v) is 5.71. The Balaban J connectivity index is 1.99. The first-order valence-electron chi connectivity index (χ1n) is 8.48. The van der Waals surface area contributed by atoms with Crippen molar-refractivity contribution >= 4 is 27.5 Å². The SMILES string of the molecule is Cc1ccc(S(=O)(=O)NC(C(=O)NCCc2ccc(Cl)cc2)C(C)O)cc1. The summed E-state index contributed by atoms with van der Waals surface area (Å²) in [7, 11) is -3.93. The van der Waals surface area contributed by atoms with E-state index in [0.717, 1.165) is 11.1 Å². The highest BCUT2D eigenvalue weighted by molar-refractivity contribution is 7.89. The molecule has 2 aromatic rings. The summed E-state index contributed by atoms with van der Waals surface area (Å²) in [6.45, 7) is 3.51.